The van der Waals surface area contributed by atoms with Crippen LogP contribution in [0.25, 0.3) is 16.7 Å². The van der Waals surface area contributed by atoms with Gasteiger partial charge in [-0.2, -0.15) is 4.98 Å². The molecule has 1 fully saturated rings. The lowest BCUT2D eigenvalue weighted by molar-refractivity contribution is 0.312. The summed E-state index contributed by atoms with van der Waals surface area (Å²) in [5.41, 5.74) is 0.206. The minimum Gasteiger partial charge on any atom is -0.353 e. The molecule has 164 valence electrons. The molecule has 12 heteroatoms. The quantitative estimate of drug-likeness (QED) is 0.573. The van der Waals surface area contributed by atoms with Crippen molar-refractivity contribution in [1.29, 1.82) is 0 Å². The van der Waals surface area contributed by atoms with Crippen molar-refractivity contribution in [3.05, 3.63) is 57.3 Å². The Morgan fingerprint density at radius 1 is 1.16 bits per heavy atom. The van der Waals surface area contributed by atoms with Crippen LogP contribution < -0.4 is 15.7 Å². The molecule has 2 aromatic heterocycles. The molecule has 1 aliphatic heterocycles. The Labute approximate surface area is 182 Å². The lowest BCUT2D eigenvalue weighted by atomic mass is 10.2. The first-order valence-corrected chi connectivity index (χ1v) is 11.5. The summed E-state index contributed by atoms with van der Waals surface area (Å²) in [6.07, 6.45) is 0. The molecule has 0 radical (unpaired) electrons. The molecule has 1 aliphatic rings. The molecular weight excluding hydrogens is 447 g/mol. The van der Waals surface area contributed by atoms with Crippen LogP contribution in [0.5, 0.6) is 0 Å². The molecular formula is C19H20ClFN6O3S. The molecule has 3 aromatic rings. The van der Waals surface area contributed by atoms with E-state index in [1.807, 2.05) is 11.9 Å². The predicted molar refractivity (Wildman–Crippen MR) is 117 cm³/mol. The molecule has 3 heterocycles. The van der Waals surface area contributed by atoms with Crippen molar-refractivity contribution in [1.82, 2.24) is 19.4 Å². The normalized spacial score (nSPS) is 15.5. The third kappa shape index (κ3) is 4.54. The SMILES string of the molecule is CN1CCN(c2nc(=O)n(-c3cccc(CS(N)(=O)=O)c3)c3nc(Cl)c(F)cc23)CC1. The van der Waals surface area contributed by atoms with E-state index in [4.69, 9.17) is 16.7 Å². The first-order chi connectivity index (χ1) is 14.6. The highest BCUT2D eigenvalue weighted by atomic mass is 35.5. The number of benzene rings is 1. The van der Waals surface area contributed by atoms with Gasteiger partial charge in [0.15, 0.2) is 16.6 Å². The number of nitrogens with two attached hydrogens (primary N) is 1. The zero-order chi connectivity index (χ0) is 22.3. The summed E-state index contributed by atoms with van der Waals surface area (Å²) in [5.74, 6) is -0.781. The third-order valence-corrected chi connectivity index (χ3v) is 6.10. The van der Waals surface area contributed by atoms with Crippen molar-refractivity contribution in [3.8, 4) is 5.69 Å². The maximum absolute atomic E-state index is 14.3. The van der Waals surface area contributed by atoms with Crippen LogP contribution in [0, 0.1) is 5.82 Å². The number of fused-ring (bicyclic) bond motifs is 1. The molecule has 9 nitrogen and oxygen atoms in total. The van der Waals surface area contributed by atoms with E-state index in [9.17, 15) is 17.6 Å². The van der Waals surface area contributed by atoms with Gasteiger partial charge in [0.2, 0.25) is 10.0 Å². The average molecular weight is 467 g/mol. The van der Waals surface area contributed by atoms with E-state index in [-0.39, 0.29) is 10.8 Å². The van der Waals surface area contributed by atoms with Gasteiger partial charge < -0.3 is 9.80 Å². The first kappa shape index (κ1) is 21.6. The molecule has 0 unspecified atom stereocenters. The first-order valence-electron chi connectivity index (χ1n) is 9.44. The van der Waals surface area contributed by atoms with E-state index in [0.29, 0.717) is 35.5 Å². The highest BCUT2D eigenvalue weighted by molar-refractivity contribution is 7.88. The number of halogens is 2. The molecule has 4 rings (SSSR count). The Bertz CT molecular complexity index is 1320. The number of rotatable bonds is 4. The van der Waals surface area contributed by atoms with E-state index in [0.717, 1.165) is 13.1 Å². The van der Waals surface area contributed by atoms with Crippen LogP contribution in [0.3, 0.4) is 0 Å². The standard InChI is InChI=1S/C19H20ClFN6O3S/c1-25-5-7-26(8-6-25)17-14-10-15(21)16(20)23-18(14)27(19(28)24-17)13-4-2-3-12(9-13)11-31(22,29)30/h2-4,9-10H,5-8,11H2,1H3,(H2,22,29,30). The van der Waals surface area contributed by atoms with E-state index in [1.54, 1.807) is 18.2 Å². The number of piperazine rings is 1. The Balaban J connectivity index is 1.92. The number of hydrogen-bond donors (Lipinski definition) is 1. The maximum Gasteiger partial charge on any atom is 0.355 e. The van der Waals surface area contributed by atoms with Crippen LogP contribution in [-0.4, -0.2) is 61.1 Å². The Hall–Kier alpha value is -2.60. The number of aromatic nitrogens is 3. The molecule has 0 spiro atoms. The van der Waals surface area contributed by atoms with E-state index in [2.05, 4.69) is 14.9 Å². The smallest absolute Gasteiger partial charge is 0.353 e. The van der Waals surface area contributed by atoms with Gasteiger partial charge in [-0.05, 0) is 30.8 Å². The minimum atomic E-state index is -3.77. The fourth-order valence-corrected chi connectivity index (χ4v) is 4.37. The fourth-order valence-electron chi connectivity index (χ4n) is 3.59. The van der Waals surface area contributed by atoms with Crippen LogP contribution in [0.2, 0.25) is 5.15 Å². The highest BCUT2D eigenvalue weighted by Gasteiger charge is 2.23. The third-order valence-electron chi connectivity index (χ3n) is 5.10. The van der Waals surface area contributed by atoms with Gasteiger partial charge in [-0.1, -0.05) is 23.7 Å². The van der Waals surface area contributed by atoms with Crippen molar-refractivity contribution in [3.63, 3.8) is 0 Å². The molecule has 0 saturated carbocycles. The van der Waals surface area contributed by atoms with Gasteiger partial charge >= 0.3 is 5.69 Å². The van der Waals surface area contributed by atoms with Gasteiger partial charge in [0.05, 0.1) is 16.8 Å². The van der Waals surface area contributed by atoms with Gasteiger partial charge in [0.1, 0.15) is 5.82 Å². The molecule has 2 N–H and O–H groups in total. The average Bonchev–Trinajstić information content (AvgIpc) is 2.68. The summed E-state index contributed by atoms with van der Waals surface area (Å²) in [6, 6.07) is 7.49. The number of likely N-dealkylation sites (N-methyl/N-ethyl adjacent to an activating group) is 1. The molecule has 0 amide bonds. The lowest BCUT2D eigenvalue weighted by Gasteiger charge is -2.33. The monoisotopic (exact) mass is 466 g/mol. The molecule has 0 bridgehead atoms. The number of nitrogens with zero attached hydrogens (tertiary/aromatic N) is 5. The number of primary sulfonamides is 1. The van der Waals surface area contributed by atoms with E-state index < -0.39 is 27.3 Å². The second kappa shape index (κ2) is 8.15. The van der Waals surface area contributed by atoms with Crippen LogP contribution in [-0.2, 0) is 15.8 Å². The molecule has 0 aliphatic carbocycles. The van der Waals surface area contributed by atoms with Crippen LogP contribution >= 0.6 is 11.6 Å². The maximum atomic E-state index is 14.3. The Kier molecular flexibility index (Phi) is 5.69. The van der Waals surface area contributed by atoms with Crippen LogP contribution in [0.4, 0.5) is 10.2 Å². The van der Waals surface area contributed by atoms with Gasteiger partial charge in [0.25, 0.3) is 0 Å². The second-order valence-corrected chi connectivity index (χ2v) is 9.43. The largest absolute Gasteiger partial charge is 0.355 e. The highest BCUT2D eigenvalue weighted by Crippen LogP contribution is 2.28. The van der Waals surface area contributed by atoms with Crippen molar-refractivity contribution in [2.75, 3.05) is 38.1 Å². The molecule has 31 heavy (non-hydrogen) atoms. The topological polar surface area (TPSA) is 114 Å². The summed E-state index contributed by atoms with van der Waals surface area (Å²) in [5, 5.41) is 5.09. The van der Waals surface area contributed by atoms with Crippen LogP contribution in [0.1, 0.15) is 5.56 Å². The zero-order valence-corrected chi connectivity index (χ0v) is 18.2. The number of anilines is 1. The summed E-state index contributed by atoms with van der Waals surface area (Å²) in [7, 11) is -1.77. The van der Waals surface area contributed by atoms with Gasteiger partial charge in [-0.3, -0.25) is 0 Å². The molecule has 1 saturated heterocycles. The Morgan fingerprint density at radius 3 is 2.55 bits per heavy atom. The molecule has 0 atom stereocenters. The lowest BCUT2D eigenvalue weighted by Crippen LogP contribution is -2.45. The van der Waals surface area contributed by atoms with Crippen LogP contribution in [0.15, 0.2) is 35.1 Å². The van der Waals surface area contributed by atoms with Crippen molar-refractivity contribution in [2.45, 2.75) is 5.75 Å². The van der Waals surface area contributed by atoms with Crippen molar-refractivity contribution >= 4 is 38.5 Å². The van der Waals surface area contributed by atoms with Gasteiger partial charge in [-0.15, -0.1) is 0 Å². The minimum absolute atomic E-state index is 0.132. The fraction of sp³-hybridized carbons (Fsp3) is 0.316. The predicted octanol–water partition coefficient (Wildman–Crippen LogP) is 1.11. The zero-order valence-electron chi connectivity index (χ0n) is 16.6. The number of hydrogen-bond acceptors (Lipinski definition) is 7. The van der Waals surface area contributed by atoms with E-state index in [1.165, 1.54) is 16.7 Å². The Morgan fingerprint density at radius 2 is 1.87 bits per heavy atom. The second-order valence-electron chi connectivity index (χ2n) is 7.45. The van der Waals surface area contributed by atoms with Gasteiger partial charge in [-0.25, -0.2) is 32.3 Å². The van der Waals surface area contributed by atoms with E-state index >= 15 is 0 Å². The number of pyridine rings is 1. The summed E-state index contributed by atoms with van der Waals surface area (Å²) in [6.45, 7) is 2.78. The summed E-state index contributed by atoms with van der Waals surface area (Å²) < 4.78 is 38.5. The van der Waals surface area contributed by atoms with Crippen molar-refractivity contribution < 1.29 is 12.8 Å². The summed E-state index contributed by atoms with van der Waals surface area (Å²) in [4.78, 5) is 25.5. The number of sulfonamides is 1. The summed E-state index contributed by atoms with van der Waals surface area (Å²) >= 11 is 5.94. The molecule has 1 aromatic carbocycles. The van der Waals surface area contributed by atoms with Crippen molar-refractivity contribution in [2.24, 2.45) is 5.14 Å². The van der Waals surface area contributed by atoms with Gasteiger partial charge in [0, 0.05) is 26.2 Å².